The van der Waals surface area contributed by atoms with Crippen molar-refractivity contribution in [3.63, 3.8) is 0 Å². The van der Waals surface area contributed by atoms with Crippen LogP contribution in [0.5, 0.6) is 0 Å². The van der Waals surface area contributed by atoms with Crippen molar-refractivity contribution in [3.05, 3.63) is 70.8 Å². The summed E-state index contributed by atoms with van der Waals surface area (Å²) in [7, 11) is 0. The fourth-order valence-corrected chi connectivity index (χ4v) is 4.21. The van der Waals surface area contributed by atoms with E-state index in [4.69, 9.17) is 0 Å². The Bertz CT molecular complexity index is 814. The maximum absolute atomic E-state index is 14.0. The van der Waals surface area contributed by atoms with Crippen LogP contribution < -0.4 is 0 Å². The number of hydrogen-bond donors (Lipinski definition) is 0. The third-order valence-corrected chi connectivity index (χ3v) is 5.67. The summed E-state index contributed by atoms with van der Waals surface area (Å²) >= 11 is 1.47. The number of carbonyl (C=O) groups is 1. The summed E-state index contributed by atoms with van der Waals surface area (Å²) in [4.78, 5) is 14.0. The van der Waals surface area contributed by atoms with Crippen LogP contribution in [0.4, 0.5) is 17.6 Å². The highest BCUT2D eigenvalue weighted by molar-refractivity contribution is 7.99. The first kappa shape index (κ1) is 18.8. The molecular formula is C19H17F4NOS. The second-order valence-electron chi connectivity index (χ2n) is 6.11. The third kappa shape index (κ3) is 4.38. The number of rotatable bonds is 3. The molecule has 2 aromatic rings. The monoisotopic (exact) mass is 383 g/mol. The van der Waals surface area contributed by atoms with Gasteiger partial charge >= 0.3 is 0 Å². The average molecular weight is 383 g/mol. The lowest BCUT2D eigenvalue weighted by atomic mass is 10.1. The molecule has 1 aliphatic rings. The van der Waals surface area contributed by atoms with Crippen molar-refractivity contribution < 1.29 is 22.4 Å². The predicted octanol–water partition coefficient (Wildman–Crippen LogP) is 4.49. The fourth-order valence-electron chi connectivity index (χ4n) is 2.97. The Morgan fingerprint density at radius 2 is 1.73 bits per heavy atom. The highest BCUT2D eigenvalue weighted by atomic mass is 32.2. The molecule has 1 fully saturated rings. The number of benzene rings is 2. The van der Waals surface area contributed by atoms with Crippen LogP contribution in [0.15, 0.2) is 36.4 Å². The molecule has 0 N–H and O–H groups in total. The molecule has 0 radical (unpaired) electrons. The van der Waals surface area contributed by atoms with Crippen LogP contribution in [0.2, 0.25) is 0 Å². The Morgan fingerprint density at radius 1 is 1.00 bits per heavy atom. The van der Waals surface area contributed by atoms with Crippen molar-refractivity contribution in [3.8, 4) is 0 Å². The van der Waals surface area contributed by atoms with Crippen molar-refractivity contribution in [1.82, 2.24) is 4.90 Å². The second kappa shape index (κ2) is 8.12. The number of amides is 1. The predicted molar refractivity (Wildman–Crippen MR) is 92.8 cm³/mol. The van der Waals surface area contributed by atoms with Gasteiger partial charge in [-0.1, -0.05) is 6.07 Å². The minimum atomic E-state index is -0.748. The largest absolute Gasteiger partial charge is 0.342 e. The summed E-state index contributed by atoms with van der Waals surface area (Å²) in [6, 6.07) is 6.51. The van der Waals surface area contributed by atoms with E-state index in [0.29, 0.717) is 30.8 Å². The molecule has 1 saturated heterocycles. The Kier molecular flexibility index (Phi) is 5.86. The molecule has 2 aromatic carbocycles. The van der Waals surface area contributed by atoms with E-state index in [1.807, 2.05) is 0 Å². The standard InChI is InChI=1S/C19H17F4NOS/c20-13-3-4-16(22)15(10-13)18-5-6-24(7-8-26-18)19(25)9-12-1-2-14(21)11-17(12)23/h1-4,10-11,18H,5-9H2. The van der Waals surface area contributed by atoms with Gasteiger partial charge < -0.3 is 4.90 Å². The fraction of sp³-hybridized carbons (Fsp3) is 0.316. The van der Waals surface area contributed by atoms with Gasteiger partial charge in [-0.2, -0.15) is 11.8 Å². The highest BCUT2D eigenvalue weighted by Gasteiger charge is 2.24. The molecule has 2 nitrogen and oxygen atoms in total. The van der Waals surface area contributed by atoms with Crippen molar-refractivity contribution in [2.24, 2.45) is 0 Å². The molecule has 0 aliphatic carbocycles. The Hall–Kier alpha value is -2.02. The van der Waals surface area contributed by atoms with Crippen LogP contribution in [0, 0.1) is 23.3 Å². The number of halogens is 4. The summed E-state index contributed by atoms with van der Waals surface area (Å²) < 4.78 is 54.1. The van der Waals surface area contributed by atoms with Crippen molar-refractivity contribution in [1.29, 1.82) is 0 Å². The van der Waals surface area contributed by atoms with Crippen molar-refractivity contribution in [2.75, 3.05) is 18.8 Å². The Balaban J connectivity index is 1.66. The molecule has 138 valence electrons. The number of hydrogen-bond acceptors (Lipinski definition) is 2. The molecule has 0 bridgehead atoms. The van der Waals surface area contributed by atoms with Crippen LogP contribution in [-0.2, 0) is 11.2 Å². The van der Waals surface area contributed by atoms with E-state index in [1.165, 1.54) is 23.9 Å². The van der Waals surface area contributed by atoms with Gasteiger partial charge in [-0.05, 0) is 36.2 Å². The van der Waals surface area contributed by atoms with Gasteiger partial charge in [0.2, 0.25) is 5.91 Å². The topological polar surface area (TPSA) is 20.3 Å². The maximum Gasteiger partial charge on any atom is 0.227 e. The molecule has 26 heavy (non-hydrogen) atoms. The van der Waals surface area contributed by atoms with Crippen LogP contribution in [0.3, 0.4) is 0 Å². The lowest BCUT2D eigenvalue weighted by Crippen LogP contribution is -2.34. The Labute approximate surface area is 153 Å². The van der Waals surface area contributed by atoms with Crippen LogP contribution in [0.25, 0.3) is 0 Å². The molecule has 7 heteroatoms. The lowest BCUT2D eigenvalue weighted by Gasteiger charge is -2.20. The van der Waals surface area contributed by atoms with E-state index in [2.05, 4.69) is 0 Å². The summed E-state index contributed by atoms with van der Waals surface area (Å²) in [5.41, 5.74) is 0.440. The molecule has 0 saturated carbocycles. The summed E-state index contributed by atoms with van der Waals surface area (Å²) in [5.74, 6) is -2.09. The van der Waals surface area contributed by atoms with Gasteiger partial charge in [-0.15, -0.1) is 0 Å². The zero-order valence-corrected chi connectivity index (χ0v) is 14.7. The van der Waals surface area contributed by atoms with Gasteiger partial charge in [0.15, 0.2) is 0 Å². The molecule has 1 aliphatic heterocycles. The normalized spacial score (nSPS) is 17.8. The van der Waals surface area contributed by atoms with Gasteiger partial charge in [0.1, 0.15) is 23.3 Å². The molecule has 1 amide bonds. The zero-order valence-electron chi connectivity index (χ0n) is 13.9. The number of thioether (sulfide) groups is 1. The number of carbonyl (C=O) groups excluding carboxylic acids is 1. The van der Waals surface area contributed by atoms with E-state index in [-0.39, 0.29) is 23.1 Å². The van der Waals surface area contributed by atoms with Gasteiger partial charge in [0.05, 0.1) is 6.42 Å². The van der Waals surface area contributed by atoms with Crippen LogP contribution in [-0.4, -0.2) is 29.6 Å². The second-order valence-corrected chi connectivity index (χ2v) is 7.42. The van der Waals surface area contributed by atoms with E-state index < -0.39 is 23.3 Å². The van der Waals surface area contributed by atoms with E-state index in [9.17, 15) is 22.4 Å². The molecular weight excluding hydrogens is 366 g/mol. The van der Waals surface area contributed by atoms with Crippen molar-refractivity contribution >= 4 is 17.7 Å². The van der Waals surface area contributed by atoms with Gasteiger partial charge in [-0.3, -0.25) is 4.79 Å². The van der Waals surface area contributed by atoms with Crippen molar-refractivity contribution in [2.45, 2.75) is 18.1 Å². The molecule has 3 rings (SSSR count). The first-order chi connectivity index (χ1) is 12.4. The van der Waals surface area contributed by atoms with Gasteiger partial charge in [0, 0.05) is 35.7 Å². The SMILES string of the molecule is O=C(Cc1ccc(F)cc1F)N1CCSC(c2cc(F)ccc2F)CC1. The van der Waals surface area contributed by atoms with E-state index in [0.717, 1.165) is 24.3 Å². The first-order valence-corrected chi connectivity index (χ1v) is 9.27. The van der Waals surface area contributed by atoms with Crippen LogP contribution >= 0.6 is 11.8 Å². The summed E-state index contributed by atoms with van der Waals surface area (Å²) in [6.07, 6.45) is 0.318. The summed E-state index contributed by atoms with van der Waals surface area (Å²) in [6.45, 7) is 0.814. The Morgan fingerprint density at radius 3 is 2.50 bits per heavy atom. The molecule has 0 spiro atoms. The molecule has 1 atom stereocenters. The summed E-state index contributed by atoms with van der Waals surface area (Å²) in [5, 5.41) is -0.244. The smallest absolute Gasteiger partial charge is 0.227 e. The van der Waals surface area contributed by atoms with E-state index >= 15 is 0 Å². The molecule has 1 unspecified atom stereocenters. The minimum Gasteiger partial charge on any atom is -0.342 e. The minimum absolute atomic E-state index is 0.140. The third-order valence-electron chi connectivity index (χ3n) is 4.36. The molecule has 1 heterocycles. The van der Waals surface area contributed by atoms with Gasteiger partial charge in [-0.25, -0.2) is 17.6 Å². The highest BCUT2D eigenvalue weighted by Crippen LogP contribution is 2.36. The molecule has 0 aromatic heterocycles. The zero-order chi connectivity index (χ0) is 18.7. The van der Waals surface area contributed by atoms with Crippen LogP contribution in [0.1, 0.15) is 22.8 Å². The quantitative estimate of drug-likeness (QED) is 0.728. The van der Waals surface area contributed by atoms with E-state index in [1.54, 1.807) is 4.90 Å². The lowest BCUT2D eigenvalue weighted by molar-refractivity contribution is -0.130. The first-order valence-electron chi connectivity index (χ1n) is 8.22. The van der Waals surface area contributed by atoms with Gasteiger partial charge in [0.25, 0.3) is 0 Å². The average Bonchev–Trinajstić information content (AvgIpc) is 2.85. The maximum atomic E-state index is 14.0. The number of nitrogens with zero attached hydrogens (tertiary/aromatic N) is 1.